The number of thioether (sulfide) groups is 1. The highest BCUT2D eigenvalue weighted by Crippen LogP contribution is 2.28. The van der Waals surface area contributed by atoms with Crippen molar-refractivity contribution in [2.24, 2.45) is 0 Å². The highest BCUT2D eigenvalue weighted by Gasteiger charge is 2.25. The normalized spacial score (nSPS) is 26.3. The molecule has 15 heavy (non-hydrogen) atoms. The molecule has 0 heterocycles. The topological polar surface area (TPSA) is 38.3 Å². The molecular weight excluding hydrogens is 210 g/mol. The average molecular weight is 231 g/mol. The molecule has 0 aromatic rings. The smallest absolute Gasteiger partial charge is 0.315 e. The van der Waals surface area contributed by atoms with Crippen molar-refractivity contribution in [1.82, 2.24) is 5.32 Å². The number of ether oxygens (including phenoxy) is 1. The lowest BCUT2D eigenvalue weighted by molar-refractivity contribution is -0.137. The number of carbonyl (C=O) groups is 1. The van der Waals surface area contributed by atoms with Gasteiger partial charge in [0, 0.05) is 11.3 Å². The first-order chi connectivity index (χ1) is 7.27. The van der Waals surface area contributed by atoms with E-state index in [1.54, 1.807) is 11.8 Å². The van der Waals surface area contributed by atoms with Gasteiger partial charge in [0.15, 0.2) is 0 Å². The van der Waals surface area contributed by atoms with Gasteiger partial charge in [-0.05, 0) is 19.4 Å². The molecule has 1 N–H and O–H groups in total. The van der Waals surface area contributed by atoms with Crippen molar-refractivity contribution in [1.29, 1.82) is 0 Å². The zero-order valence-corrected chi connectivity index (χ0v) is 10.4. The maximum atomic E-state index is 11.1. The predicted molar refractivity (Wildman–Crippen MR) is 64.2 cm³/mol. The first kappa shape index (κ1) is 12.8. The van der Waals surface area contributed by atoms with Crippen molar-refractivity contribution in [3.05, 3.63) is 0 Å². The minimum absolute atomic E-state index is 0.110. The van der Waals surface area contributed by atoms with Crippen LogP contribution in [-0.4, -0.2) is 36.7 Å². The lowest BCUT2D eigenvalue weighted by atomic mass is 9.95. The van der Waals surface area contributed by atoms with Crippen LogP contribution in [0.1, 0.15) is 32.6 Å². The predicted octanol–water partition coefficient (Wildman–Crippen LogP) is 1.81. The van der Waals surface area contributed by atoms with Gasteiger partial charge in [0.05, 0.1) is 12.9 Å². The summed E-state index contributed by atoms with van der Waals surface area (Å²) < 4.78 is 4.66. The molecule has 0 saturated heterocycles. The van der Waals surface area contributed by atoms with Gasteiger partial charge >= 0.3 is 5.97 Å². The molecule has 1 aliphatic carbocycles. The third-order valence-corrected chi connectivity index (χ3v) is 4.21. The van der Waals surface area contributed by atoms with Gasteiger partial charge in [-0.3, -0.25) is 4.79 Å². The number of rotatable bonds is 5. The zero-order chi connectivity index (χ0) is 11.1. The zero-order valence-electron chi connectivity index (χ0n) is 9.62. The van der Waals surface area contributed by atoms with Crippen LogP contribution in [0.15, 0.2) is 0 Å². The first-order valence-corrected chi connectivity index (χ1v) is 6.74. The van der Waals surface area contributed by atoms with E-state index >= 15 is 0 Å². The van der Waals surface area contributed by atoms with Crippen LogP contribution in [0.4, 0.5) is 0 Å². The van der Waals surface area contributed by atoms with Crippen molar-refractivity contribution in [2.45, 2.75) is 43.9 Å². The Morgan fingerprint density at radius 3 is 2.87 bits per heavy atom. The van der Waals surface area contributed by atoms with Crippen LogP contribution in [0, 0.1) is 0 Å². The molecule has 0 aromatic heterocycles. The Morgan fingerprint density at radius 1 is 1.47 bits per heavy atom. The van der Waals surface area contributed by atoms with Crippen LogP contribution in [0.3, 0.4) is 0 Å². The Morgan fingerprint density at radius 2 is 2.20 bits per heavy atom. The fourth-order valence-corrected chi connectivity index (χ4v) is 3.29. The summed E-state index contributed by atoms with van der Waals surface area (Å²) in [6.45, 7) is 3.15. The van der Waals surface area contributed by atoms with Gasteiger partial charge in [-0.2, -0.15) is 0 Å². The molecule has 0 bridgehead atoms. The van der Waals surface area contributed by atoms with E-state index in [4.69, 9.17) is 0 Å². The molecule has 0 spiro atoms. The number of nitrogens with one attached hydrogen (secondary N) is 1. The second-order valence-corrected chi connectivity index (χ2v) is 5.10. The Kier molecular flexibility index (Phi) is 6.10. The minimum atomic E-state index is -0.110. The molecule has 1 rings (SSSR count). The van der Waals surface area contributed by atoms with Crippen molar-refractivity contribution >= 4 is 17.7 Å². The van der Waals surface area contributed by atoms with E-state index < -0.39 is 0 Å². The van der Waals surface area contributed by atoms with E-state index in [9.17, 15) is 4.79 Å². The van der Waals surface area contributed by atoms with Gasteiger partial charge in [-0.15, -0.1) is 11.8 Å². The standard InChI is InChI=1S/C11H21NO2S/c1-3-12-9-6-4-5-7-10(9)15-8-11(13)14-2/h9-10,12H,3-8H2,1-2H3. The molecule has 0 aromatic carbocycles. The summed E-state index contributed by atoms with van der Waals surface area (Å²) in [5, 5.41) is 4.08. The largest absolute Gasteiger partial charge is 0.468 e. The number of esters is 1. The summed E-state index contributed by atoms with van der Waals surface area (Å²) in [6.07, 6.45) is 5.07. The van der Waals surface area contributed by atoms with Crippen LogP contribution in [0.25, 0.3) is 0 Å². The number of hydrogen-bond acceptors (Lipinski definition) is 4. The van der Waals surface area contributed by atoms with Gasteiger partial charge in [0.1, 0.15) is 0 Å². The fourth-order valence-electron chi connectivity index (χ4n) is 2.03. The average Bonchev–Trinajstić information content (AvgIpc) is 2.28. The summed E-state index contributed by atoms with van der Waals surface area (Å²) in [7, 11) is 1.45. The van der Waals surface area contributed by atoms with Crippen LogP contribution < -0.4 is 5.32 Å². The Bertz CT molecular complexity index is 197. The first-order valence-electron chi connectivity index (χ1n) is 5.69. The fraction of sp³-hybridized carbons (Fsp3) is 0.909. The van der Waals surface area contributed by atoms with Crippen molar-refractivity contribution in [2.75, 3.05) is 19.4 Å². The number of hydrogen-bond donors (Lipinski definition) is 1. The van der Waals surface area contributed by atoms with Crippen molar-refractivity contribution in [3.8, 4) is 0 Å². The molecule has 0 amide bonds. The molecule has 1 saturated carbocycles. The van der Waals surface area contributed by atoms with E-state index in [0.717, 1.165) is 6.54 Å². The molecule has 88 valence electrons. The molecular formula is C11H21NO2S. The SMILES string of the molecule is CCNC1CCCCC1SCC(=O)OC. The van der Waals surface area contributed by atoms with Crippen molar-refractivity contribution < 1.29 is 9.53 Å². The Balaban J connectivity index is 2.32. The Labute approximate surface area is 96.3 Å². The number of carbonyl (C=O) groups excluding carboxylic acids is 1. The second-order valence-electron chi connectivity index (χ2n) is 3.87. The maximum absolute atomic E-state index is 11.1. The molecule has 2 atom stereocenters. The molecule has 2 unspecified atom stereocenters. The van der Waals surface area contributed by atoms with Crippen LogP contribution >= 0.6 is 11.8 Å². The van der Waals surface area contributed by atoms with Crippen LogP contribution in [0.5, 0.6) is 0 Å². The molecule has 3 nitrogen and oxygen atoms in total. The summed E-state index contributed by atoms with van der Waals surface area (Å²) in [5.41, 5.74) is 0. The molecule has 0 aliphatic heterocycles. The highest BCUT2D eigenvalue weighted by molar-refractivity contribution is 8.00. The van der Waals surface area contributed by atoms with Crippen molar-refractivity contribution in [3.63, 3.8) is 0 Å². The lowest BCUT2D eigenvalue weighted by Gasteiger charge is -2.31. The maximum Gasteiger partial charge on any atom is 0.315 e. The minimum Gasteiger partial charge on any atom is -0.468 e. The van der Waals surface area contributed by atoms with Crippen LogP contribution in [0.2, 0.25) is 0 Å². The van der Waals surface area contributed by atoms with E-state index in [-0.39, 0.29) is 5.97 Å². The van der Waals surface area contributed by atoms with Gasteiger partial charge in [-0.1, -0.05) is 19.8 Å². The highest BCUT2D eigenvalue weighted by atomic mass is 32.2. The molecule has 0 radical (unpaired) electrons. The molecule has 4 heteroatoms. The van der Waals surface area contributed by atoms with E-state index in [0.29, 0.717) is 17.0 Å². The monoisotopic (exact) mass is 231 g/mol. The van der Waals surface area contributed by atoms with Gasteiger partial charge < -0.3 is 10.1 Å². The summed E-state index contributed by atoms with van der Waals surface area (Å²) in [4.78, 5) is 11.1. The third-order valence-electron chi connectivity index (χ3n) is 2.81. The van der Waals surface area contributed by atoms with Gasteiger partial charge in [-0.25, -0.2) is 0 Å². The van der Waals surface area contributed by atoms with Gasteiger partial charge in [0.25, 0.3) is 0 Å². The third kappa shape index (κ3) is 4.43. The summed E-state index contributed by atoms with van der Waals surface area (Å²) >= 11 is 1.74. The van der Waals surface area contributed by atoms with E-state index in [2.05, 4.69) is 17.0 Å². The van der Waals surface area contributed by atoms with Gasteiger partial charge in [0.2, 0.25) is 0 Å². The molecule has 1 fully saturated rings. The molecule has 1 aliphatic rings. The second kappa shape index (κ2) is 7.12. The Hall–Kier alpha value is -0.220. The number of methoxy groups -OCH3 is 1. The van der Waals surface area contributed by atoms with E-state index in [1.807, 2.05) is 0 Å². The lowest BCUT2D eigenvalue weighted by Crippen LogP contribution is -2.40. The van der Waals surface area contributed by atoms with E-state index in [1.165, 1.54) is 32.8 Å². The quantitative estimate of drug-likeness (QED) is 0.732. The summed E-state index contributed by atoms with van der Waals surface area (Å²) in [5.74, 6) is 0.379. The summed E-state index contributed by atoms with van der Waals surface area (Å²) in [6, 6.07) is 0.582. The van der Waals surface area contributed by atoms with Crippen LogP contribution in [-0.2, 0) is 9.53 Å².